The van der Waals surface area contributed by atoms with E-state index in [2.05, 4.69) is 22.1 Å². The van der Waals surface area contributed by atoms with Crippen LogP contribution in [0.1, 0.15) is 47.3 Å². The number of amides is 4. The molecule has 1 aliphatic heterocycles. The molecule has 7 nitrogen and oxygen atoms in total. The Bertz CT molecular complexity index is 974. The van der Waals surface area contributed by atoms with E-state index < -0.39 is 11.9 Å². The molecule has 1 aromatic heterocycles. The summed E-state index contributed by atoms with van der Waals surface area (Å²) in [7, 11) is 0. The number of anilines is 1. The summed E-state index contributed by atoms with van der Waals surface area (Å²) < 4.78 is 0. The number of nitrogens with one attached hydrogen (secondary N) is 1. The van der Waals surface area contributed by atoms with Crippen LogP contribution in [0.4, 0.5) is 10.6 Å². The van der Waals surface area contributed by atoms with Crippen LogP contribution in [-0.2, 0) is 11.2 Å². The average molecular weight is 390 g/mol. The molecule has 7 heteroatoms. The molecule has 1 aromatic carbocycles. The largest absolute Gasteiger partial charge is 0.366 e. The highest BCUT2D eigenvalue weighted by atomic mass is 16.2. The fourth-order valence-electron chi connectivity index (χ4n) is 2.96. The summed E-state index contributed by atoms with van der Waals surface area (Å²) in [5, 5.41) is 2.28. The van der Waals surface area contributed by atoms with Crippen LogP contribution in [0.15, 0.2) is 42.5 Å². The Kier molecular flexibility index (Phi) is 6.59. The molecule has 0 aliphatic carbocycles. The zero-order chi connectivity index (χ0) is 20.6. The quantitative estimate of drug-likeness (QED) is 0.583. The van der Waals surface area contributed by atoms with E-state index in [1.54, 1.807) is 30.3 Å². The lowest BCUT2D eigenvalue weighted by atomic mass is 10.1. The van der Waals surface area contributed by atoms with Crippen LogP contribution < -0.4 is 16.0 Å². The Morgan fingerprint density at radius 3 is 2.66 bits per heavy atom. The topological polar surface area (TPSA) is 105 Å². The normalized spacial score (nSPS) is 13.4. The second kappa shape index (κ2) is 9.51. The monoisotopic (exact) mass is 390 g/mol. The molecule has 0 radical (unpaired) electrons. The molecule has 29 heavy (non-hydrogen) atoms. The number of carbonyl (C=O) groups is 3. The number of aromatic nitrogens is 1. The Labute approximate surface area is 169 Å². The molecule has 0 atom stereocenters. The van der Waals surface area contributed by atoms with Crippen molar-refractivity contribution in [3.05, 3.63) is 59.3 Å². The standard InChI is InChI=1S/C22H22N4O3/c23-21(28)17-12-10-16(11-13-17)6-3-1-2-4-7-18-8-5-9-19(24-18)26-15-14-20(27)25-22(26)29/h5,8-13H,1-3,6,14-15H2,(H2,23,28)(H,25,27,29). The first kappa shape index (κ1) is 20.1. The zero-order valence-corrected chi connectivity index (χ0v) is 16.0. The number of aryl methyl sites for hydroxylation is 1. The second-order valence-corrected chi connectivity index (χ2v) is 6.71. The number of hydrogen-bond donors (Lipinski definition) is 2. The maximum absolute atomic E-state index is 11.9. The lowest BCUT2D eigenvalue weighted by molar-refractivity contribution is -0.120. The molecule has 1 fully saturated rings. The summed E-state index contributed by atoms with van der Waals surface area (Å²) in [6.07, 6.45) is 3.84. The molecular formula is C22H22N4O3. The van der Waals surface area contributed by atoms with Gasteiger partial charge in [-0.05, 0) is 55.0 Å². The molecule has 0 saturated carbocycles. The Balaban J connectivity index is 1.47. The Morgan fingerprint density at radius 2 is 1.93 bits per heavy atom. The number of unbranched alkanes of at least 4 members (excludes halogenated alkanes) is 2. The molecular weight excluding hydrogens is 368 g/mol. The number of hydrogen-bond acceptors (Lipinski definition) is 4. The number of pyridine rings is 1. The second-order valence-electron chi connectivity index (χ2n) is 6.71. The Morgan fingerprint density at radius 1 is 1.14 bits per heavy atom. The minimum Gasteiger partial charge on any atom is -0.366 e. The van der Waals surface area contributed by atoms with Crippen LogP contribution >= 0.6 is 0 Å². The van der Waals surface area contributed by atoms with E-state index in [1.807, 2.05) is 12.1 Å². The van der Waals surface area contributed by atoms with Crippen LogP contribution in [0.3, 0.4) is 0 Å². The summed E-state index contributed by atoms with van der Waals surface area (Å²) in [4.78, 5) is 40.1. The van der Waals surface area contributed by atoms with E-state index in [-0.39, 0.29) is 12.3 Å². The molecule has 2 heterocycles. The van der Waals surface area contributed by atoms with Crippen molar-refractivity contribution >= 4 is 23.7 Å². The summed E-state index contributed by atoms with van der Waals surface area (Å²) >= 11 is 0. The molecule has 0 spiro atoms. The summed E-state index contributed by atoms with van der Waals surface area (Å²) in [5.74, 6) is 5.94. The van der Waals surface area contributed by atoms with E-state index in [1.165, 1.54) is 4.90 Å². The number of nitrogens with zero attached hydrogens (tertiary/aromatic N) is 2. The van der Waals surface area contributed by atoms with Gasteiger partial charge >= 0.3 is 6.03 Å². The third kappa shape index (κ3) is 5.66. The predicted molar refractivity (Wildman–Crippen MR) is 109 cm³/mol. The van der Waals surface area contributed by atoms with Gasteiger partial charge in [0.25, 0.3) is 0 Å². The average Bonchev–Trinajstić information content (AvgIpc) is 2.71. The van der Waals surface area contributed by atoms with Crippen molar-refractivity contribution in [3.8, 4) is 11.8 Å². The number of benzene rings is 1. The number of urea groups is 1. The van der Waals surface area contributed by atoms with Gasteiger partial charge in [0.1, 0.15) is 11.5 Å². The first-order chi connectivity index (χ1) is 14.0. The molecule has 0 unspecified atom stereocenters. The van der Waals surface area contributed by atoms with E-state index >= 15 is 0 Å². The van der Waals surface area contributed by atoms with Gasteiger partial charge in [0.15, 0.2) is 0 Å². The van der Waals surface area contributed by atoms with Gasteiger partial charge in [-0.25, -0.2) is 9.78 Å². The maximum Gasteiger partial charge on any atom is 0.329 e. The van der Waals surface area contributed by atoms with Gasteiger partial charge in [-0.2, -0.15) is 0 Å². The first-order valence-corrected chi connectivity index (χ1v) is 9.49. The number of primary amides is 1. The highest BCUT2D eigenvalue weighted by Gasteiger charge is 2.24. The summed E-state index contributed by atoms with van der Waals surface area (Å²) in [5.41, 5.74) is 7.51. The van der Waals surface area contributed by atoms with Gasteiger partial charge in [0.05, 0.1) is 0 Å². The number of rotatable bonds is 6. The minimum atomic E-state index is -0.456. The zero-order valence-electron chi connectivity index (χ0n) is 16.0. The molecule has 0 bridgehead atoms. The third-order valence-corrected chi connectivity index (χ3v) is 4.54. The SMILES string of the molecule is NC(=O)c1ccc(CCCCC#Cc2cccc(N3CCC(=O)NC3=O)n2)cc1. The fourth-order valence-corrected chi connectivity index (χ4v) is 2.96. The van der Waals surface area contributed by atoms with Gasteiger partial charge in [-0.15, -0.1) is 0 Å². The van der Waals surface area contributed by atoms with Gasteiger partial charge in [-0.1, -0.05) is 24.1 Å². The van der Waals surface area contributed by atoms with Gasteiger partial charge in [0.2, 0.25) is 11.8 Å². The lowest BCUT2D eigenvalue weighted by Crippen LogP contribution is -2.49. The Hall–Kier alpha value is -3.66. The molecule has 148 valence electrons. The van der Waals surface area contributed by atoms with Crippen molar-refractivity contribution in [3.63, 3.8) is 0 Å². The molecule has 2 aromatic rings. The van der Waals surface area contributed by atoms with E-state index in [0.717, 1.165) is 31.2 Å². The highest BCUT2D eigenvalue weighted by molar-refractivity contribution is 6.05. The van der Waals surface area contributed by atoms with Crippen LogP contribution in [0.25, 0.3) is 0 Å². The van der Waals surface area contributed by atoms with Crippen LogP contribution in [-0.4, -0.2) is 29.4 Å². The van der Waals surface area contributed by atoms with Gasteiger partial charge in [0, 0.05) is 24.9 Å². The predicted octanol–water partition coefficient (Wildman–Crippen LogP) is 2.39. The highest BCUT2D eigenvalue weighted by Crippen LogP contribution is 2.14. The van der Waals surface area contributed by atoms with E-state index in [4.69, 9.17) is 5.73 Å². The molecule has 3 N–H and O–H groups in total. The molecule has 1 aliphatic rings. The maximum atomic E-state index is 11.9. The van der Waals surface area contributed by atoms with E-state index in [9.17, 15) is 14.4 Å². The van der Waals surface area contributed by atoms with Crippen LogP contribution in [0, 0.1) is 11.8 Å². The first-order valence-electron chi connectivity index (χ1n) is 9.49. The van der Waals surface area contributed by atoms with E-state index in [0.29, 0.717) is 23.6 Å². The third-order valence-electron chi connectivity index (χ3n) is 4.54. The van der Waals surface area contributed by atoms with Crippen molar-refractivity contribution < 1.29 is 14.4 Å². The molecule has 4 amide bonds. The van der Waals surface area contributed by atoms with Crippen molar-refractivity contribution in [2.24, 2.45) is 5.73 Å². The number of carbonyl (C=O) groups excluding carboxylic acids is 3. The number of nitrogens with two attached hydrogens (primary N) is 1. The lowest BCUT2D eigenvalue weighted by Gasteiger charge is -2.25. The van der Waals surface area contributed by atoms with Crippen LogP contribution in [0.5, 0.6) is 0 Å². The molecule has 3 rings (SSSR count). The summed E-state index contributed by atoms with van der Waals surface area (Å²) in [6.45, 7) is 0.314. The van der Waals surface area contributed by atoms with Crippen molar-refractivity contribution in [1.29, 1.82) is 0 Å². The van der Waals surface area contributed by atoms with Gasteiger partial charge < -0.3 is 5.73 Å². The molecule has 1 saturated heterocycles. The van der Waals surface area contributed by atoms with Crippen molar-refractivity contribution in [1.82, 2.24) is 10.3 Å². The fraction of sp³-hybridized carbons (Fsp3) is 0.273. The van der Waals surface area contributed by atoms with Crippen molar-refractivity contribution in [2.45, 2.75) is 32.1 Å². The smallest absolute Gasteiger partial charge is 0.329 e. The van der Waals surface area contributed by atoms with Crippen LogP contribution in [0.2, 0.25) is 0 Å². The minimum absolute atomic E-state index is 0.259. The van der Waals surface area contributed by atoms with Crippen molar-refractivity contribution in [2.75, 3.05) is 11.4 Å². The van der Waals surface area contributed by atoms with Gasteiger partial charge in [-0.3, -0.25) is 19.8 Å². The number of imide groups is 1. The summed E-state index contributed by atoms with van der Waals surface area (Å²) in [6, 6.07) is 12.2.